The summed E-state index contributed by atoms with van der Waals surface area (Å²) >= 11 is 3.44. The van der Waals surface area contributed by atoms with Gasteiger partial charge in [0, 0.05) is 11.0 Å². The number of ether oxygens (including phenoxy) is 3. The number of fused-ring (bicyclic) bond motifs is 2. The number of methoxy groups -OCH3 is 1. The molecule has 1 aliphatic rings. The Kier molecular flexibility index (Phi) is 7.24. The first-order valence-electron chi connectivity index (χ1n) is 12.2. The van der Waals surface area contributed by atoms with Crippen molar-refractivity contribution in [1.82, 2.24) is 4.90 Å². The van der Waals surface area contributed by atoms with Crippen molar-refractivity contribution >= 4 is 32.8 Å². The SMILES string of the molecule is C=CCOc1ccc(C2c3c(oc4ccc(Br)cc4c3=O)C(=O)N2Cc2ccc(OC)cc2)cc1OCC. The second-order valence-corrected chi connectivity index (χ2v) is 9.65. The van der Waals surface area contributed by atoms with Crippen LogP contribution in [0.1, 0.15) is 40.2 Å². The molecule has 194 valence electrons. The highest BCUT2D eigenvalue weighted by molar-refractivity contribution is 9.10. The first-order valence-corrected chi connectivity index (χ1v) is 12.9. The normalized spacial score (nSPS) is 14.4. The quantitative estimate of drug-likeness (QED) is 0.219. The Morgan fingerprint density at radius 3 is 2.53 bits per heavy atom. The van der Waals surface area contributed by atoms with Crippen LogP contribution in [-0.2, 0) is 6.54 Å². The summed E-state index contributed by atoms with van der Waals surface area (Å²) in [6, 6.07) is 17.4. The highest BCUT2D eigenvalue weighted by Gasteiger charge is 2.43. The van der Waals surface area contributed by atoms with E-state index in [1.165, 1.54) is 0 Å². The summed E-state index contributed by atoms with van der Waals surface area (Å²) in [4.78, 5) is 29.3. The Bertz CT molecular complexity index is 1580. The number of hydrogen-bond acceptors (Lipinski definition) is 6. The molecule has 0 N–H and O–H groups in total. The first kappa shape index (κ1) is 25.6. The van der Waals surface area contributed by atoms with Gasteiger partial charge in [-0.25, -0.2) is 0 Å². The van der Waals surface area contributed by atoms with Crippen LogP contribution in [0.25, 0.3) is 11.0 Å². The van der Waals surface area contributed by atoms with Gasteiger partial charge in [-0.15, -0.1) is 0 Å². The zero-order valence-corrected chi connectivity index (χ0v) is 22.6. The number of hydrogen-bond donors (Lipinski definition) is 0. The summed E-state index contributed by atoms with van der Waals surface area (Å²) in [7, 11) is 1.60. The van der Waals surface area contributed by atoms with E-state index in [0.29, 0.717) is 52.6 Å². The first-order chi connectivity index (χ1) is 18.4. The zero-order valence-electron chi connectivity index (χ0n) is 21.0. The van der Waals surface area contributed by atoms with Crippen molar-refractivity contribution in [2.75, 3.05) is 20.3 Å². The van der Waals surface area contributed by atoms with Gasteiger partial charge in [0.1, 0.15) is 17.9 Å². The van der Waals surface area contributed by atoms with E-state index in [9.17, 15) is 9.59 Å². The summed E-state index contributed by atoms with van der Waals surface area (Å²) in [5.41, 5.74) is 2.01. The number of carbonyl (C=O) groups is 1. The van der Waals surface area contributed by atoms with E-state index in [4.69, 9.17) is 18.6 Å². The predicted molar refractivity (Wildman–Crippen MR) is 148 cm³/mol. The van der Waals surface area contributed by atoms with Crippen LogP contribution in [0.2, 0.25) is 0 Å². The highest BCUT2D eigenvalue weighted by atomic mass is 79.9. The van der Waals surface area contributed by atoms with Gasteiger partial charge >= 0.3 is 0 Å². The Morgan fingerprint density at radius 2 is 1.82 bits per heavy atom. The van der Waals surface area contributed by atoms with Gasteiger partial charge in [0.05, 0.1) is 30.7 Å². The van der Waals surface area contributed by atoms with E-state index in [0.717, 1.165) is 10.0 Å². The third-order valence-corrected chi connectivity index (χ3v) is 6.87. The fourth-order valence-corrected chi connectivity index (χ4v) is 5.02. The lowest BCUT2D eigenvalue weighted by Gasteiger charge is -2.26. The van der Waals surface area contributed by atoms with Gasteiger partial charge in [0.15, 0.2) is 16.9 Å². The Balaban J connectivity index is 1.68. The summed E-state index contributed by atoms with van der Waals surface area (Å²) in [5.74, 6) is 1.48. The van der Waals surface area contributed by atoms with Crippen molar-refractivity contribution in [2.45, 2.75) is 19.5 Å². The fraction of sp³-hybridized carbons (Fsp3) is 0.200. The maximum atomic E-state index is 13.9. The number of halogens is 1. The third-order valence-electron chi connectivity index (χ3n) is 6.38. The van der Waals surface area contributed by atoms with Gasteiger partial charge in [-0.3, -0.25) is 9.59 Å². The molecule has 0 saturated heterocycles. The molecule has 4 aromatic rings. The number of benzene rings is 3. The van der Waals surface area contributed by atoms with E-state index in [1.54, 1.807) is 42.4 Å². The molecule has 0 spiro atoms. The number of amides is 1. The molecule has 5 rings (SSSR count). The van der Waals surface area contributed by atoms with E-state index < -0.39 is 6.04 Å². The minimum atomic E-state index is -0.688. The van der Waals surface area contributed by atoms with Gasteiger partial charge in [0.2, 0.25) is 5.76 Å². The molecule has 0 radical (unpaired) electrons. The Hall–Kier alpha value is -4.04. The van der Waals surface area contributed by atoms with E-state index >= 15 is 0 Å². The van der Waals surface area contributed by atoms with Crippen molar-refractivity contribution in [2.24, 2.45) is 0 Å². The van der Waals surface area contributed by atoms with E-state index in [-0.39, 0.29) is 23.6 Å². The van der Waals surface area contributed by atoms with Crippen molar-refractivity contribution in [3.63, 3.8) is 0 Å². The average Bonchev–Trinajstić information content (AvgIpc) is 3.20. The Morgan fingerprint density at radius 1 is 1.03 bits per heavy atom. The van der Waals surface area contributed by atoms with E-state index in [1.807, 2.05) is 43.3 Å². The van der Waals surface area contributed by atoms with Gasteiger partial charge in [-0.05, 0) is 60.5 Å². The molecule has 1 amide bonds. The molecule has 38 heavy (non-hydrogen) atoms. The summed E-state index contributed by atoms with van der Waals surface area (Å²) in [6.45, 7) is 6.58. The van der Waals surface area contributed by atoms with Gasteiger partial charge in [-0.2, -0.15) is 0 Å². The van der Waals surface area contributed by atoms with Gasteiger partial charge < -0.3 is 23.5 Å². The maximum Gasteiger partial charge on any atom is 0.291 e. The molecule has 0 bridgehead atoms. The largest absolute Gasteiger partial charge is 0.497 e. The number of rotatable bonds is 9. The van der Waals surface area contributed by atoms with Crippen molar-refractivity contribution in [1.29, 1.82) is 0 Å². The van der Waals surface area contributed by atoms with Crippen molar-refractivity contribution in [3.05, 3.63) is 110 Å². The van der Waals surface area contributed by atoms with Crippen LogP contribution in [0, 0.1) is 0 Å². The molecular formula is C30H26BrNO6. The van der Waals surface area contributed by atoms with Crippen molar-refractivity contribution < 1.29 is 23.4 Å². The minimum Gasteiger partial charge on any atom is -0.497 e. The average molecular weight is 576 g/mol. The van der Waals surface area contributed by atoms with Gasteiger partial charge in [-0.1, -0.05) is 46.8 Å². The molecule has 3 aromatic carbocycles. The second-order valence-electron chi connectivity index (χ2n) is 8.74. The lowest BCUT2D eigenvalue weighted by Crippen LogP contribution is -2.29. The summed E-state index contributed by atoms with van der Waals surface area (Å²) in [5, 5.41) is 0.401. The van der Waals surface area contributed by atoms with Crippen LogP contribution >= 0.6 is 15.9 Å². The molecule has 2 heterocycles. The lowest BCUT2D eigenvalue weighted by atomic mass is 9.97. The third kappa shape index (κ3) is 4.67. The van der Waals surface area contributed by atoms with Crippen LogP contribution in [0.4, 0.5) is 0 Å². The molecule has 7 nitrogen and oxygen atoms in total. The van der Waals surface area contributed by atoms with Crippen LogP contribution in [0.5, 0.6) is 17.2 Å². The lowest BCUT2D eigenvalue weighted by molar-refractivity contribution is 0.0714. The van der Waals surface area contributed by atoms with Gasteiger partial charge in [0.25, 0.3) is 5.91 Å². The number of carbonyl (C=O) groups excluding carboxylic acids is 1. The van der Waals surface area contributed by atoms with Crippen LogP contribution in [0.15, 0.2) is 87.0 Å². The molecule has 0 fully saturated rings. The summed E-state index contributed by atoms with van der Waals surface area (Å²) < 4.78 is 23.7. The van der Waals surface area contributed by atoms with E-state index in [2.05, 4.69) is 22.5 Å². The van der Waals surface area contributed by atoms with Crippen LogP contribution in [0.3, 0.4) is 0 Å². The maximum absolute atomic E-state index is 13.9. The standard InChI is InChI=1S/C30H26BrNO6/c1-4-14-37-24-12-8-19(15-25(24)36-5-2)27-26-28(33)22-16-20(31)9-13-23(22)38-29(26)30(34)32(27)17-18-6-10-21(35-3)11-7-18/h4,6-13,15-16,27H,1,5,14,17H2,2-3H3. The highest BCUT2D eigenvalue weighted by Crippen LogP contribution is 2.42. The molecule has 0 saturated carbocycles. The van der Waals surface area contributed by atoms with Crippen LogP contribution < -0.4 is 19.6 Å². The number of nitrogens with zero attached hydrogens (tertiary/aromatic N) is 1. The minimum absolute atomic E-state index is 0.0493. The molecule has 8 heteroatoms. The van der Waals surface area contributed by atoms with Crippen molar-refractivity contribution in [3.8, 4) is 17.2 Å². The topological polar surface area (TPSA) is 78.2 Å². The van der Waals surface area contributed by atoms with Crippen LogP contribution in [-0.4, -0.2) is 31.1 Å². The molecule has 1 unspecified atom stereocenters. The molecule has 0 aliphatic carbocycles. The molecule has 1 atom stereocenters. The predicted octanol–water partition coefficient (Wildman–Crippen LogP) is 6.27. The monoisotopic (exact) mass is 575 g/mol. The molecular weight excluding hydrogens is 550 g/mol. The Labute approximate surface area is 228 Å². The fourth-order valence-electron chi connectivity index (χ4n) is 4.66. The molecule has 1 aliphatic heterocycles. The smallest absolute Gasteiger partial charge is 0.291 e. The molecule has 1 aromatic heterocycles. The zero-order chi connectivity index (χ0) is 26.8. The summed E-state index contributed by atoms with van der Waals surface area (Å²) in [6.07, 6.45) is 1.65. The second kappa shape index (κ2) is 10.8.